The fourth-order valence-corrected chi connectivity index (χ4v) is 6.21. The number of hydrogen-bond donors (Lipinski definition) is 1. The van der Waals surface area contributed by atoms with E-state index < -0.39 is 10.0 Å². The number of aryl methyl sites for hydroxylation is 2. The summed E-state index contributed by atoms with van der Waals surface area (Å²) in [6.07, 6.45) is 6.27. The minimum Gasteiger partial charge on any atom is -0.376 e. The van der Waals surface area contributed by atoms with Crippen molar-refractivity contribution >= 4 is 10.0 Å². The average Bonchev–Trinajstić information content (AvgIpc) is 2.84. The first-order valence-corrected chi connectivity index (χ1v) is 14.0. The van der Waals surface area contributed by atoms with Crippen LogP contribution in [0.1, 0.15) is 74.7 Å². The second kappa shape index (κ2) is 10.5. The predicted molar refractivity (Wildman–Crippen MR) is 131 cm³/mol. The molecular formula is C26H36N2O4S. The minimum absolute atomic E-state index is 0.0169. The Hall–Kier alpha value is -1.96. The van der Waals surface area contributed by atoms with Gasteiger partial charge in [0.1, 0.15) is 0 Å². The van der Waals surface area contributed by atoms with Crippen LogP contribution in [0.4, 0.5) is 0 Å². The number of hydrogen-bond acceptors (Lipinski definition) is 4. The van der Waals surface area contributed by atoms with Gasteiger partial charge >= 0.3 is 0 Å². The number of nitrogens with one attached hydrogen (secondary N) is 1. The van der Waals surface area contributed by atoms with Crippen molar-refractivity contribution in [3.63, 3.8) is 0 Å². The molecule has 2 unspecified atom stereocenters. The van der Waals surface area contributed by atoms with Crippen molar-refractivity contribution < 1.29 is 13.2 Å². The number of nitrogens with zero attached hydrogens (tertiary/aromatic N) is 1. The Kier molecular flexibility index (Phi) is 7.72. The van der Waals surface area contributed by atoms with Crippen LogP contribution in [-0.2, 0) is 27.6 Å². The molecular weight excluding hydrogens is 436 g/mol. The van der Waals surface area contributed by atoms with Crippen molar-refractivity contribution in [3.05, 3.63) is 69.6 Å². The van der Waals surface area contributed by atoms with Crippen LogP contribution < -0.4 is 10.3 Å². The Bertz CT molecular complexity index is 1090. The van der Waals surface area contributed by atoms with E-state index in [1.807, 2.05) is 19.1 Å². The highest BCUT2D eigenvalue weighted by atomic mass is 32.2. The Morgan fingerprint density at radius 1 is 1.00 bits per heavy atom. The number of pyridine rings is 1. The number of fused-ring (bicyclic) bond motifs is 1. The second-order valence-corrected chi connectivity index (χ2v) is 11.4. The Morgan fingerprint density at radius 2 is 1.73 bits per heavy atom. The van der Waals surface area contributed by atoms with Crippen LogP contribution in [0, 0.1) is 0 Å². The summed E-state index contributed by atoms with van der Waals surface area (Å²) < 4.78 is 35.8. The van der Waals surface area contributed by atoms with Crippen LogP contribution in [0.15, 0.2) is 47.3 Å². The molecule has 2 atom stereocenters. The Morgan fingerprint density at radius 3 is 2.39 bits per heavy atom. The van der Waals surface area contributed by atoms with Gasteiger partial charge in [0.2, 0.25) is 10.0 Å². The summed E-state index contributed by atoms with van der Waals surface area (Å²) in [6.45, 7) is 3.95. The fourth-order valence-electron chi connectivity index (χ4n) is 5.31. The van der Waals surface area contributed by atoms with E-state index in [4.69, 9.17) is 4.74 Å². The van der Waals surface area contributed by atoms with E-state index in [-0.39, 0.29) is 29.5 Å². The van der Waals surface area contributed by atoms with Crippen LogP contribution in [0.25, 0.3) is 0 Å². The lowest BCUT2D eigenvalue weighted by atomic mass is 9.83. The highest BCUT2D eigenvalue weighted by Crippen LogP contribution is 2.35. The topological polar surface area (TPSA) is 77.4 Å². The zero-order valence-corrected chi connectivity index (χ0v) is 20.5. The monoisotopic (exact) mass is 472 g/mol. The number of ether oxygens (including phenoxy) is 1. The number of aromatic nitrogens is 1. The first kappa shape index (κ1) is 24.2. The predicted octanol–water partition coefficient (Wildman–Crippen LogP) is 3.95. The quantitative estimate of drug-likeness (QED) is 0.631. The van der Waals surface area contributed by atoms with Gasteiger partial charge in [0.15, 0.2) is 0 Å². The molecule has 4 rings (SSSR count). The zero-order valence-electron chi connectivity index (χ0n) is 19.7. The van der Waals surface area contributed by atoms with E-state index in [2.05, 4.69) is 35.1 Å². The largest absolute Gasteiger partial charge is 0.376 e. The molecule has 0 radical (unpaired) electrons. The highest BCUT2D eigenvalue weighted by molar-refractivity contribution is 7.89. The van der Waals surface area contributed by atoms with Crippen molar-refractivity contribution in [1.29, 1.82) is 0 Å². The van der Waals surface area contributed by atoms with Crippen molar-refractivity contribution in [3.8, 4) is 0 Å². The second-order valence-electron chi connectivity index (χ2n) is 9.33. The molecule has 33 heavy (non-hydrogen) atoms. The molecule has 180 valence electrons. The van der Waals surface area contributed by atoms with E-state index in [9.17, 15) is 13.2 Å². The van der Waals surface area contributed by atoms with Gasteiger partial charge in [0.25, 0.3) is 5.56 Å². The first-order chi connectivity index (χ1) is 15.9. The van der Waals surface area contributed by atoms with Gasteiger partial charge in [-0.2, -0.15) is 0 Å². The van der Waals surface area contributed by atoms with Crippen LogP contribution in [0.5, 0.6) is 0 Å². The minimum atomic E-state index is -3.39. The summed E-state index contributed by atoms with van der Waals surface area (Å²) in [4.78, 5) is 13.2. The van der Waals surface area contributed by atoms with E-state index in [0.717, 1.165) is 36.9 Å². The maximum Gasteiger partial charge on any atom is 0.254 e. The Labute approximate surface area is 197 Å². The van der Waals surface area contributed by atoms with Gasteiger partial charge in [0, 0.05) is 17.3 Å². The molecule has 0 bridgehead atoms. The lowest BCUT2D eigenvalue weighted by Gasteiger charge is -2.37. The van der Waals surface area contributed by atoms with Crippen LogP contribution in [-0.4, -0.2) is 37.5 Å². The molecule has 2 heterocycles. The summed E-state index contributed by atoms with van der Waals surface area (Å²) in [5.74, 6) is 0.595. The lowest BCUT2D eigenvalue weighted by molar-refractivity contribution is -0.00170. The van der Waals surface area contributed by atoms with E-state index >= 15 is 0 Å². The molecule has 0 amide bonds. The highest BCUT2D eigenvalue weighted by Gasteiger charge is 2.34. The summed E-state index contributed by atoms with van der Waals surface area (Å²) in [7, 11) is -3.39. The van der Waals surface area contributed by atoms with Crippen molar-refractivity contribution in [2.45, 2.75) is 82.9 Å². The number of benzene rings is 1. The number of sulfonamides is 1. The number of rotatable bonds is 8. The maximum atomic E-state index is 13.2. The molecule has 1 aromatic heterocycles. The summed E-state index contributed by atoms with van der Waals surface area (Å²) in [5.41, 5.74) is 3.10. The third kappa shape index (κ3) is 5.58. The van der Waals surface area contributed by atoms with E-state index in [0.29, 0.717) is 31.8 Å². The van der Waals surface area contributed by atoms with Crippen LogP contribution in [0.3, 0.4) is 0 Å². The van der Waals surface area contributed by atoms with Gasteiger partial charge in [-0.3, -0.25) is 4.79 Å². The first-order valence-electron chi connectivity index (χ1n) is 12.3. The van der Waals surface area contributed by atoms with Gasteiger partial charge in [-0.1, -0.05) is 43.3 Å². The molecule has 1 saturated carbocycles. The van der Waals surface area contributed by atoms with Crippen molar-refractivity contribution in [2.75, 3.05) is 12.4 Å². The molecule has 2 aliphatic rings. The average molecular weight is 473 g/mol. The summed E-state index contributed by atoms with van der Waals surface area (Å²) in [6, 6.07) is 13.9. The Balaban J connectivity index is 1.49. The van der Waals surface area contributed by atoms with Crippen molar-refractivity contribution in [2.24, 2.45) is 0 Å². The molecule has 1 N–H and O–H groups in total. The van der Waals surface area contributed by atoms with Gasteiger partial charge in [-0.15, -0.1) is 0 Å². The smallest absolute Gasteiger partial charge is 0.254 e. The van der Waals surface area contributed by atoms with Crippen molar-refractivity contribution in [1.82, 2.24) is 9.29 Å². The third-order valence-corrected chi connectivity index (χ3v) is 8.75. The molecule has 2 aromatic rings. The maximum absolute atomic E-state index is 13.2. The lowest BCUT2D eigenvalue weighted by Crippen LogP contribution is -2.50. The fraction of sp³-hybridized carbons (Fsp3) is 0.577. The van der Waals surface area contributed by atoms with E-state index in [1.165, 1.54) is 5.56 Å². The van der Waals surface area contributed by atoms with Crippen LogP contribution in [0.2, 0.25) is 0 Å². The molecule has 0 saturated heterocycles. The van der Waals surface area contributed by atoms with E-state index in [1.54, 1.807) is 11.5 Å². The van der Waals surface area contributed by atoms with Gasteiger partial charge in [0.05, 0.1) is 24.5 Å². The van der Waals surface area contributed by atoms with Gasteiger partial charge in [-0.25, -0.2) is 13.1 Å². The molecule has 7 heteroatoms. The molecule has 6 nitrogen and oxygen atoms in total. The third-order valence-electron chi connectivity index (χ3n) is 7.33. The van der Waals surface area contributed by atoms with Crippen LogP contribution >= 0.6 is 0 Å². The zero-order chi connectivity index (χ0) is 23.4. The molecule has 0 spiro atoms. The molecule has 1 aliphatic heterocycles. The van der Waals surface area contributed by atoms with Gasteiger partial charge in [-0.05, 0) is 69.4 Å². The molecule has 1 aliphatic carbocycles. The standard InChI is InChI=1S/C26H36N2O4S/c1-3-19-10-13-22-14-17-24(27-33(30,31)4-2)25(28(22)26(19)29)18-32-23-15-11-21(12-16-23)20-8-6-5-7-9-20/h5-10,13,21,23-25,27H,3-4,11-12,14-18H2,1-2H3. The summed E-state index contributed by atoms with van der Waals surface area (Å²) >= 11 is 0. The normalized spacial score (nSPS) is 25.5. The van der Waals surface area contributed by atoms with Gasteiger partial charge < -0.3 is 9.30 Å². The molecule has 1 aromatic carbocycles. The SMILES string of the molecule is CCc1ccc2n(c1=O)C(COC1CCC(c3ccccc3)CC1)C(NS(=O)(=O)CC)CC2. The summed E-state index contributed by atoms with van der Waals surface area (Å²) in [5, 5.41) is 0. The molecule has 1 fully saturated rings.